The number of piperidine rings is 1. The number of carbonyl (C=O) groups excluding carboxylic acids is 1. The van der Waals surface area contributed by atoms with Crippen LogP contribution in [0.4, 0.5) is 4.39 Å². The van der Waals surface area contributed by atoms with Crippen LogP contribution in [-0.4, -0.2) is 30.4 Å². The van der Waals surface area contributed by atoms with Crippen molar-refractivity contribution < 1.29 is 9.18 Å². The summed E-state index contributed by atoms with van der Waals surface area (Å²) >= 11 is 0. The second kappa shape index (κ2) is 5.48. The van der Waals surface area contributed by atoms with Crippen molar-refractivity contribution in [1.82, 2.24) is 10.2 Å². The van der Waals surface area contributed by atoms with Crippen molar-refractivity contribution in [1.29, 1.82) is 0 Å². The van der Waals surface area contributed by atoms with Crippen LogP contribution < -0.4 is 5.32 Å². The number of hydrogen-bond donors (Lipinski definition) is 1. The Morgan fingerprint density at radius 2 is 2.17 bits per heavy atom. The second-order valence-electron chi connectivity index (χ2n) is 4.92. The third-order valence-electron chi connectivity index (χ3n) is 3.48. The fourth-order valence-electron chi connectivity index (χ4n) is 2.42. The Bertz CT molecular complexity index is 436. The van der Waals surface area contributed by atoms with E-state index in [2.05, 4.69) is 5.32 Å². The molecule has 4 heteroatoms. The van der Waals surface area contributed by atoms with Gasteiger partial charge >= 0.3 is 0 Å². The van der Waals surface area contributed by atoms with Crippen LogP contribution in [0.2, 0.25) is 0 Å². The molecule has 1 aliphatic rings. The van der Waals surface area contributed by atoms with Crippen molar-refractivity contribution in [3.05, 3.63) is 35.6 Å². The van der Waals surface area contributed by atoms with Gasteiger partial charge in [0.1, 0.15) is 5.82 Å². The maximum Gasteiger partial charge on any atom is 0.222 e. The summed E-state index contributed by atoms with van der Waals surface area (Å²) in [4.78, 5) is 13.1. The van der Waals surface area contributed by atoms with Gasteiger partial charge in [-0.05, 0) is 19.4 Å². The normalized spacial score (nSPS) is 22.1. The van der Waals surface area contributed by atoms with Gasteiger partial charge in [-0.1, -0.05) is 18.2 Å². The van der Waals surface area contributed by atoms with E-state index >= 15 is 0 Å². The number of carbonyl (C=O) groups is 1. The van der Waals surface area contributed by atoms with Crippen LogP contribution in [0.1, 0.15) is 31.4 Å². The number of halogens is 1. The van der Waals surface area contributed by atoms with Crippen LogP contribution in [0.25, 0.3) is 0 Å². The number of rotatable bonds is 3. The van der Waals surface area contributed by atoms with Crippen molar-refractivity contribution >= 4 is 5.91 Å². The summed E-state index contributed by atoms with van der Waals surface area (Å²) in [6, 6.07) is 7.00. The molecule has 98 valence electrons. The predicted octanol–water partition coefficient (Wildman–Crippen LogP) is 2.10. The summed E-state index contributed by atoms with van der Waals surface area (Å²) in [7, 11) is 1.81. The van der Waals surface area contributed by atoms with Gasteiger partial charge in [0.25, 0.3) is 0 Å². The van der Waals surface area contributed by atoms with E-state index in [4.69, 9.17) is 0 Å². The number of nitrogens with zero attached hydrogens (tertiary/aromatic N) is 1. The maximum absolute atomic E-state index is 13.6. The number of nitrogens with one attached hydrogen (secondary N) is 1. The molecule has 1 saturated heterocycles. The van der Waals surface area contributed by atoms with Crippen LogP contribution in [0.3, 0.4) is 0 Å². The van der Waals surface area contributed by atoms with E-state index in [0.717, 1.165) is 6.42 Å². The molecule has 2 atom stereocenters. The zero-order valence-electron chi connectivity index (χ0n) is 10.8. The van der Waals surface area contributed by atoms with E-state index in [9.17, 15) is 9.18 Å². The predicted molar refractivity (Wildman–Crippen MR) is 68.6 cm³/mol. The van der Waals surface area contributed by atoms with Crippen molar-refractivity contribution in [3.63, 3.8) is 0 Å². The Kier molecular flexibility index (Phi) is 3.97. The lowest BCUT2D eigenvalue weighted by Gasteiger charge is -2.32. The van der Waals surface area contributed by atoms with Crippen LogP contribution in [0.15, 0.2) is 24.3 Å². The van der Waals surface area contributed by atoms with E-state index in [1.807, 2.05) is 20.0 Å². The first kappa shape index (κ1) is 13.0. The van der Waals surface area contributed by atoms with E-state index in [1.165, 1.54) is 6.07 Å². The molecule has 1 fully saturated rings. The molecular weight excluding hydrogens is 231 g/mol. The molecule has 1 amide bonds. The lowest BCUT2D eigenvalue weighted by molar-refractivity contribution is -0.132. The highest BCUT2D eigenvalue weighted by Gasteiger charge is 2.24. The van der Waals surface area contributed by atoms with E-state index in [1.54, 1.807) is 17.0 Å². The summed E-state index contributed by atoms with van der Waals surface area (Å²) in [6.07, 6.45) is 1.39. The topological polar surface area (TPSA) is 32.3 Å². The molecule has 1 aromatic carbocycles. The molecular formula is C14H19FN2O. The van der Waals surface area contributed by atoms with Gasteiger partial charge in [0, 0.05) is 37.7 Å². The molecule has 1 aliphatic heterocycles. The largest absolute Gasteiger partial charge is 0.344 e. The molecule has 1 heterocycles. The molecule has 0 saturated carbocycles. The number of likely N-dealkylation sites (N-methyl/N-ethyl adjacent to an activating group) is 1. The van der Waals surface area contributed by atoms with Gasteiger partial charge in [0.15, 0.2) is 0 Å². The fraction of sp³-hybridized carbons (Fsp3) is 0.500. The SMILES string of the molecule is CC(NC1CCC(=O)N(C)C1)c1ccccc1F. The average Bonchev–Trinajstić information content (AvgIpc) is 2.34. The fourth-order valence-corrected chi connectivity index (χ4v) is 2.42. The van der Waals surface area contributed by atoms with Crippen molar-refractivity contribution in [3.8, 4) is 0 Å². The number of likely N-dealkylation sites (tertiary alicyclic amines) is 1. The first-order valence-corrected chi connectivity index (χ1v) is 6.32. The van der Waals surface area contributed by atoms with Crippen molar-refractivity contribution in [2.45, 2.75) is 31.8 Å². The lowest BCUT2D eigenvalue weighted by atomic mass is 10.0. The Balaban J connectivity index is 1.98. The van der Waals surface area contributed by atoms with Gasteiger partial charge in [-0.15, -0.1) is 0 Å². The third kappa shape index (κ3) is 2.88. The van der Waals surface area contributed by atoms with Crippen molar-refractivity contribution in [2.75, 3.05) is 13.6 Å². The molecule has 18 heavy (non-hydrogen) atoms. The molecule has 1 aromatic rings. The van der Waals surface area contributed by atoms with E-state index in [0.29, 0.717) is 18.5 Å². The van der Waals surface area contributed by atoms with Crippen molar-refractivity contribution in [2.24, 2.45) is 0 Å². The molecule has 0 aromatic heterocycles. The first-order valence-electron chi connectivity index (χ1n) is 6.32. The van der Waals surface area contributed by atoms with Gasteiger partial charge in [-0.3, -0.25) is 4.79 Å². The van der Waals surface area contributed by atoms with Crippen LogP contribution >= 0.6 is 0 Å². The Hall–Kier alpha value is -1.42. The number of hydrogen-bond acceptors (Lipinski definition) is 2. The van der Waals surface area contributed by atoms with E-state index < -0.39 is 0 Å². The van der Waals surface area contributed by atoms with Gasteiger partial charge in [0.05, 0.1) is 0 Å². The highest BCUT2D eigenvalue weighted by atomic mass is 19.1. The average molecular weight is 250 g/mol. The molecule has 0 aliphatic carbocycles. The summed E-state index contributed by atoms with van der Waals surface area (Å²) < 4.78 is 13.6. The molecule has 2 unspecified atom stereocenters. The highest BCUT2D eigenvalue weighted by Crippen LogP contribution is 2.19. The summed E-state index contributed by atoms with van der Waals surface area (Å²) in [5.74, 6) is 0.00401. The quantitative estimate of drug-likeness (QED) is 0.891. The standard InChI is InChI=1S/C14H19FN2O/c1-10(12-5-3-4-6-13(12)15)16-11-7-8-14(18)17(2)9-11/h3-6,10-11,16H,7-9H2,1-2H3. The Morgan fingerprint density at radius 3 is 2.83 bits per heavy atom. The molecule has 0 radical (unpaired) electrons. The molecule has 0 bridgehead atoms. The number of benzene rings is 1. The minimum absolute atomic E-state index is 0.0437. The molecule has 3 nitrogen and oxygen atoms in total. The van der Waals surface area contributed by atoms with Gasteiger partial charge < -0.3 is 10.2 Å². The summed E-state index contributed by atoms with van der Waals surface area (Å²) in [6.45, 7) is 2.65. The van der Waals surface area contributed by atoms with Crippen LogP contribution in [-0.2, 0) is 4.79 Å². The number of amides is 1. The van der Waals surface area contributed by atoms with Crippen LogP contribution in [0.5, 0.6) is 0 Å². The maximum atomic E-state index is 13.6. The highest BCUT2D eigenvalue weighted by molar-refractivity contribution is 5.76. The zero-order chi connectivity index (χ0) is 13.1. The Labute approximate surface area is 107 Å². The van der Waals surface area contributed by atoms with Gasteiger partial charge in [-0.25, -0.2) is 4.39 Å². The lowest BCUT2D eigenvalue weighted by Crippen LogP contribution is -2.47. The third-order valence-corrected chi connectivity index (χ3v) is 3.48. The zero-order valence-corrected chi connectivity index (χ0v) is 10.8. The first-order chi connectivity index (χ1) is 8.58. The summed E-state index contributed by atoms with van der Waals surface area (Å²) in [5, 5.41) is 3.39. The molecule has 2 rings (SSSR count). The minimum Gasteiger partial charge on any atom is -0.344 e. The smallest absolute Gasteiger partial charge is 0.222 e. The van der Waals surface area contributed by atoms with Gasteiger partial charge in [-0.2, -0.15) is 0 Å². The Morgan fingerprint density at radius 1 is 1.44 bits per heavy atom. The monoisotopic (exact) mass is 250 g/mol. The van der Waals surface area contributed by atoms with Crippen LogP contribution in [0, 0.1) is 5.82 Å². The van der Waals surface area contributed by atoms with Gasteiger partial charge in [0.2, 0.25) is 5.91 Å². The molecule has 0 spiro atoms. The second-order valence-corrected chi connectivity index (χ2v) is 4.92. The molecule has 1 N–H and O–H groups in total. The summed E-state index contributed by atoms with van der Waals surface area (Å²) in [5.41, 5.74) is 0.678. The van der Waals surface area contributed by atoms with E-state index in [-0.39, 0.29) is 23.8 Å². The minimum atomic E-state index is -0.183.